The number of thiazole rings is 1. The average molecular weight is 1170 g/mol. The van der Waals surface area contributed by atoms with Gasteiger partial charge in [-0.3, -0.25) is 19.9 Å². The van der Waals surface area contributed by atoms with Gasteiger partial charge in [-0.15, -0.1) is 17.9 Å². The SMILES string of the molecule is C/C=C\C(=NC/C=C(\C)OC)c1csc(NC(C)C)n1.C=CC.CC.CC.CCC.CCCC/C=C\[C@@H](C)CC(N[C@@H](C)O)C(=O)O.CN(C)C1=CCC=C(C(=O)C(NC(=O)NCC=O)C2CCCCC2)C=C1.CO.C[C@@H]1CCCN1C. The van der Waals surface area contributed by atoms with Crippen LogP contribution in [0, 0.1) is 11.8 Å². The number of ether oxygens (including phenoxy) is 1. The first-order chi connectivity index (χ1) is 39.2. The quantitative estimate of drug-likeness (QED) is 0.0136. The number of Topliss-reactive ketones (excluding diaryl/α,β-unsaturated/α-hetero) is 1. The van der Waals surface area contributed by atoms with Crippen LogP contribution >= 0.6 is 11.3 Å². The van der Waals surface area contributed by atoms with Gasteiger partial charge >= 0.3 is 12.0 Å². The van der Waals surface area contributed by atoms with Crippen molar-refractivity contribution in [2.45, 2.75) is 218 Å². The molecule has 1 saturated carbocycles. The number of aromatic nitrogens is 1. The summed E-state index contributed by atoms with van der Waals surface area (Å²) in [4.78, 5) is 60.2. The molecule has 3 aliphatic rings. The molecule has 2 fully saturated rings. The third-order valence-electron chi connectivity index (χ3n) is 11.8. The third-order valence-corrected chi connectivity index (χ3v) is 12.6. The van der Waals surface area contributed by atoms with Crippen LogP contribution in [-0.2, 0) is 19.1 Å². The molecule has 0 bridgehead atoms. The van der Waals surface area contributed by atoms with Crippen LogP contribution in [0.1, 0.15) is 193 Å². The normalized spacial score (nSPS) is 16.3. The summed E-state index contributed by atoms with van der Waals surface area (Å²) < 4.78 is 5.10. The van der Waals surface area contributed by atoms with Crippen molar-refractivity contribution in [2.75, 3.05) is 60.3 Å². The van der Waals surface area contributed by atoms with Gasteiger partial charge in [-0.1, -0.05) is 130 Å². The number of allylic oxidation sites excluding steroid dienone is 10. The molecule has 17 heteroatoms. The third kappa shape index (κ3) is 46.3. The molecule has 1 aromatic rings. The number of carbonyl (C=O) groups excluding carboxylic acids is 3. The Hall–Kier alpha value is -5.20. The predicted molar refractivity (Wildman–Crippen MR) is 352 cm³/mol. The number of urea groups is 1. The molecule has 2 amide bonds. The van der Waals surface area contributed by atoms with Crippen LogP contribution in [0.4, 0.5) is 9.93 Å². The summed E-state index contributed by atoms with van der Waals surface area (Å²) in [6, 6.07) is -0.491. The van der Waals surface area contributed by atoms with Gasteiger partial charge in [-0.25, -0.2) is 9.78 Å². The number of nitrogens with one attached hydrogen (secondary N) is 4. The van der Waals surface area contributed by atoms with Gasteiger partial charge < -0.3 is 50.6 Å². The van der Waals surface area contributed by atoms with Crippen LogP contribution in [0.2, 0.25) is 0 Å². The maximum absolute atomic E-state index is 13.2. The number of carboxylic acids is 1. The lowest BCUT2D eigenvalue weighted by Crippen LogP contribution is -2.50. The number of carboxylic acid groups (broad SMARTS) is 1. The first-order valence-electron chi connectivity index (χ1n) is 30.1. The lowest BCUT2D eigenvalue weighted by atomic mass is 9.80. The summed E-state index contributed by atoms with van der Waals surface area (Å²) in [6.07, 6.45) is 33.2. The first-order valence-corrected chi connectivity index (χ1v) is 31.0. The number of aliphatic carboxylic acids is 1. The monoisotopic (exact) mass is 1170 g/mol. The molecule has 7 N–H and O–H groups in total. The number of aliphatic imine (C=N–C) groups is 1. The molecule has 1 aromatic heterocycles. The number of rotatable bonds is 23. The van der Waals surface area contributed by atoms with E-state index >= 15 is 0 Å². The molecular weight excluding hydrogens is 1050 g/mol. The Kier molecular flexibility index (Phi) is 61.6. The number of carbonyl (C=O) groups is 4. The van der Waals surface area contributed by atoms with E-state index in [0.717, 1.165) is 79.7 Å². The highest BCUT2D eigenvalue weighted by Crippen LogP contribution is 2.29. The van der Waals surface area contributed by atoms with Gasteiger partial charge in [0.1, 0.15) is 24.2 Å². The number of hydrogen-bond donors (Lipinski definition) is 7. The molecule has 4 rings (SSSR count). The fourth-order valence-electron chi connectivity index (χ4n) is 7.65. The molecule has 0 radical (unpaired) electrons. The van der Waals surface area contributed by atoms with E-state index in [1.165, 1.54) is 45.6 Å². The number of nitrogens with zero attached hydrogens (tertiary/aromatic N) is 4. The van der Waals surface area contributed by atoms with Gasteiger partial charge in [0.15, 0.2) is 10.9 Å². The molecule has 82 heavy (non-hydrogen) atoms. The average Bonchev–Trinajstić information content (AvgIpc) is 4.08. The summed E-state index contributed by atoms with van der Waals surface area (Å²) in [5, 5.41) is 39.3. The molecule has 5 atom stereocenters. The minimum Gasteiger partial charge on any atom is -0.502 e. The van der Waals surface area contributed by atoms with Crippen LogP contribution < -0.4 is 21.3 Å². The van der Waals surface area contributed by atoms with E-state index in [1.54, 1.807) is 24.5 Å². The smallest absolute Gasteiger partial charge is 0.320 e. The molecule has 474 valence electrons. The standard InChI is InChI=1S/C20H29N3O3.C15H23N3OS.C13H25NO3.C6H13N.C3H8.C3H6.2C2H6.CH4O/c1-23(2)17-10-6-9-16(11-12-17)19(25)18(15-7-4-3-5-8-15)22-20(26)21-13-14-24;1-6-7-13(16-9-8-12(4)19-5)14-10-20-15(18-14)17-11(2)3;1-4-5-6-7-8-10(2)9-12(13(16)17)14-11(3)15;1-6-4-3-5-7(6)2;2*1-3-2;3*1-2/h9-12,14-15,18H,3-8,13H2,1-2H3,(H2,21,22,26);6-8,10-11H,9H2,1-5H3,(H,17,18);7-8,10-12,14-15H,4-6,9H2,1-3H3,(H,16,17);6H,3-5H2,1-2H3;3H2,1-2H3;3H,1H2,2H3;2*1-2H3;2H,1H3/b;7-6-,12-8+,16-13?;8-7-;;;;;;/t;;10-,11-,12?;6-;;;;;/m..11...../s1. The number of aldehydes is 1. The highest BCUT2D eigenvalue weighted by molar-refractivity contribution is 7.13. The van der Waals surface area contributed by atoms with E-state index in [1.807, 2.05) is 116 Å². The van der Waals surface area contributed by atoms with Crippen molar-refractivity contribution >= 4 is 46.2 Å². The Morgan fingerprint density at radius 1 is 0.988 bits per heavy atom. The Bertz CT molecular complexity index is 1960. The number of aliphatic hydroxyl groups excluding tert-OH is 2. The molecule has 1 aliphatic heterocycles. The van der Waals surface area contributed by atoms with Gasteiger partial charge in [-0.05, 0) is 143 Å². The van der Waals surface area contributed by atoms with Gasteiger partial charge in [-0.2, -0.15) is 0 Å². The topological polar surface area (TPSA) is 218 Å². The van der Waals surface area contributed by atoms with E-state index in [0.29, 0.717) is 37.3 Å². The molecule has 1 saturated heterocycles. The van der Waals surface area contributed by atoms with E-state index in [9.17, 15) is 19.2 Å². The molecule has 16 nitrogen and oxygen atoms in total. The number of aliphatic hydroxyl groups is 2. The van der Waals surface area contributed by atoms with Crippen LogP contribution in [-0.4, -0.2) is 145 Å². The fourth-order valence-corrected chi connectivity index (χ4v) is 8.50. The van der Waals surface area contributed by atoms with E-state index in [4.69, 9.17) is 20.1 Å². The van der Waals surface area contributed by atoms with E-state index in [-0.39, 0.29) is 24.2 Å². The molecule has 2 unspecified atom stereocenters. The number of amides is 2. The Morgan fingerprint density at radius 2 is 1.60 bits per heavy atom. The minimum absolute atomic E-state index is 0.0530. The number of hydrogen-bond acceptors (Lipinski definition) is 14. The number of likely N-dealkylation sites (N-methyl/N-ethyl adjacent to an activating group) is 1. The van der Waals surface area contributed by atoms with Crippen LogP contribution in [0.25, 0.3) is 0 Å². The number of unbranched alkanes of at least 4 members (excludes halogenated alkanes) is 2. The number of ketones is 1. The zero-order chi connectivity index (χ0) is 63.8. The van der Waals surface area contributed by atoms with Crippen molar-refractivity contribution in [3.63, 3.8) is 0 Å². The lowest BCUT2D eigenvalue weighted by Gasteiger charge is -2.30. The largest absolute Gasteiger partial charge is 0.502 e. The van der Waals surface area contributed by atoms with Crippen molar-refractivity contribution in [3.05, 3.63) is 95.4 Å². The zero-order valence-corrected chi connectivity index (χ0v) is 55.9. The summed E-state index contributed by atoms with van der Waals surface area (Å²) >= 11 is 1.60. The van der Waals surface area contributed by atoms with E-state index < -0.39 is 30.3 Å². The number of likely N-dealkylation sites (tertiary alicyclic amines) is 1. The van der Waals surface area contributed by atoms with E-state index in [2.05, 4.69) is 110 Å². The lowest BCUT2D eigenvalue weighted by molar-refractivity contribution is -0.140. The Balaban J connectivity index is -0.000000316. The van der Waals surface area contributed by atoms with Crippen molar-refractivity contribution in [3.8, 4) is 0 Å². The van der Waals surface area contributed by atoms with Gasteiger partial charge in [0, 0.05) is 49.9 Å². The molecular formula is C65H120N8O8S. The summed E-state index contributed by atoms with van der Waals surface area (Å²) in [5.74, 6) is 0.229. The highest BCUT2D eigenvalue weighted by atomic mass is 32.1. The van der Waals surface area contributed by atoms with Gasteiger partial charge in [0.25, 0.3) is 0 Å². The molecule has 2 heterocycles. The van der Waals surface area contributed by atoms with Crippen LogP contribution in [0.3, 0.4) is 0 Å². The van der Waals surface area contributed by atoms with Crippen LogP contribution in [0.5, 0.6) is 0 Å². The van der Waals surface area contributed by atoms with Gasteiger partial charge in [0.05, 0.1) is 37.7 Å². The first kappa shape index (κ1) is 85.6. The second kappa shape index (κ2) is 59.0. The summed E-state index contributed by atoms with van der Waals surface area (Å²) in [6.45, 7) is 35.4. The van der Waals surface area contributed by atoms with Gasteiger partial charge in [0.2, 0.25) is 0 Å². The molecule has 0 aromatic carbocycles. The maximum atomic E-state index is 13.2. The second-order valence-electron chi connectivity index (χ2n) is 19.7. The Morgan fingerprint density at radius 3 is 2.06 bits per heavy atom. The zero-order valence-electron chi connectivity index (χ0n) is 55.1. The van der Waals surface area contributed by atoms with Crippen molar-refractivity contribution in [2.24, 2.45) is 16.8 Å². The van der Waals surface area contributed by atoms with Crippen LogP contribution in [0.15, 0.2) is 94.7 Å². The summed E-state index contributed by atoms with van der Waals surface area (Å²) in [7, 11) is 8.78. The molecule has 0 spiro atoms. The maximum Gasteiger partial charge on any atom is 0.320 e. The minimum atomic E-state index is -0.917. The second-order valence-corrected chi connectivity index (χ2v) is 20.6. The number of methoxy groups -OCH3 is 1. The van der Waals surface area contributed by atoms with Crippen molar-refractivity contribution in [1.82, 2.24) is 30.7 Å². The van der Waals surface area contributed by atoms with Crippen molar-refractivity contribution < 1.29 is 39.2 Å². The molecule has 2 aliphatic carbocycles. The summed E-state index contributed by atoms with van der Waals surface area (Å²) in [5.41, 5.74) is 3.47. The Labute approximate surface area is 504 Å². The van der Waals surface area contributed by atoms with Crippen molar-refractivity contribution in [1.29, 1.82) is 0 Å². The predicted octanol–water partition coefficient (Wildman–Crippen LogP) is 13.7. The highest BCUT2D eigenvalue weighted by Gasteiger charge is 2.32. The number of anilines is 1. The fraction of sp³-hybridized carbons (Fsp3) is 0.662.